The van der Waals surface area contributed by atoms with Crippen molar-refractivity contribution in [3.63, 3.8) is 0 Å². The number of carbonyl (C=O) groups excluding carboxylic acids is 3. The molecule has 5 aliphatic rings. The number of urea groups is 1. The molecule has 0 spiro atoms. The van der Waals surface area contributed by atoms with Gasteiger partial charge in [0.1, 0.15) is 11.3 Å². The number of rotatable bonds is 5. The zero-order chi connectivity index (χ0) is 25.0. The van der Waals surface area contributed by atoms with Crippen LogP contribution in [0.3, 0.4) is 0 Å². The van der Waals surface area contributed by atoms with E-state index >= 15 is 0 Å². The van der Waals surface area contributed by atoms with Gasteiger partial charge in [-0.25, -0.2) is 9.69 Å². The smallest absolute Gasteiger partial charge is 0.335 e. The molecule has 6 nitrogen and oxygen atoms in total. The van der Waals surface area contributed by atoms with Gasteiger partial charge in [-0.1, -0.05) is 23.7 Å². The van der Waals surface area contributed by atoms with Crippen molar-refractivity contribution in [2.24, 2.45) is 17.8 Å². The number of imide groups is 2. The third-order valence-corrected chi connectivity index (χ3v) is 8.68. The molecule has 0 unspecified atom stereocenters. The molecule has 7 rings (SSSR count). The van der Waals surface area contributed by atoms with Crippen molar-refractivity contribution in [2.45, 2.75) is 50.9 Å². The molecule has 4 amide bonds. The summed E-state index contributed by atoms with van der Waals surface area (Å²) in [4.78, 5) is 39.8. The van der Waals surface area contributed by atoms with E-state index in [2.05, 4.69) is 17.4 Å². The Balaban J connectivity index is 1.30. The minimum atomic E-state index is -0.749. The first kappa shape index (κ1) is 23.3. The fraction of sp³-hybridized carbons (Fsp3) is 0.414. The predicted octanol–water partition coefficient (Wildman–Crippen LogP) is 5.87. The maximum Gasteiger partial charge on any atom is 0.335 e. The minimum Gasteiger partial charge on any atom is -0.493 e. The van der Waals surface area contributed by atoms with Crippen LogP contribution in [0.15, 0.2) is 48.0 Å². The van der Waals surface area contributed by atoms with E-state index in [1.807, 2.05) is 19.1 Å². The first-order valence-electron chi connectivity index (χ1n) is 12.8. The van der Waals surface area contributed by atoms with Gasteiger partial charge in [0.05, 0.1) is 12.3 Å². The van der Waals surface area contributed by atoms with Gasteiger partial charge in [0.2, 0.25) is 0 Å². The van der Waals surface area contributed by atoms with E-state index in [1.54, 1.807) is 18.2 Å². The number of amides is 4. The number of hydrogen-bond donors (Lipinski definition) is 1. The van der Waals surface area contributed by atoms with Crippen LogP contribution in [-0.2, 0) is 15.0 Å². The van der Waals surface area contributed by atoms with Gasteiger partial charge in [0.15, 0.2) is 0 Å². The van der Waals surface area contributed by atoms with Crippen LogP contribution in [-0.4, -0.2) is 24.5 Å². The predicted molar refractivity (Wildman–Crippen MR) is 138 cm³/mol. The number of nitrogens with zero attached hydrogens (tertiary/aromatic N) is 1. The fourth-order valence-corrected chi connectivity index (χ4v) is 7.58. The van der Waals surface area contributed by atoms with Gasteiger partial charge >= 0.3 is 6.03 Å². The van der Waals surface area contributed by atoms with E-state index in [1.165, 1.54) is 50.2 Å². The van der Waals surface area contributed by atoms with Crippen LogP contribution in [0.5, 0.6) is 5.75 Å². The van der Waals surface area contributed by atoms with Crippen LogP contribution in [0.25, 0.3) is 6.08 Å². The Morgan fingerprint density at radius 2 is 1.64 bits per heavy atom. The monoisotopic (exact) mass is 504 g/mol. The summed E-state index contributed by atoms with van der Waals surface area (Å²) >= 11 is 6.15. The van der Waals surface area contributed by atoms with Crippen LogP contribution in [0.1, 0.15) is 56.6 Å². The van der Waals surface area contributed by atoms with Gasteiger partial charge in [0, 0.05) is 10.6 Å². The Kier molecular flexibility index (Phi) is 5.67. The van der Waals surface area contributed by atoms with E-state index in [9.17, 15) is 14.4 Å². The second-order valence-corrected chi connectivity index (χ2v) is 11.3. The molecule has 5 fully saturated rings. The molecule has 0 aromatic heterocycles. The lowest BCUT2D eigenvalue weighted by Gasteiger charge is -2.57. The number of hydrogen-bond acceptors (Lipinski definition) is 4. The van der Waals surface area contributed by atoms with Crippen molar-refractivity contribution in [3.05, 3.63) is 64.2 Å². The summed E-state index contributed by atoms with van der Waals surface area (Å²) in [5.41, 5.74) is 2.32. The van der Waals surface area contributed by atoms with Gasteiger partial charge in [0.25, 0.3) is 11.8 Å². The summed E-state index contributed by atoms with van der Waals surface area (Å²) in [6, 6.07) is 12.1. The highest BCUT2D eigenvalue weighted by Gasteiger charge is 2.51. The second kappa shape index (κ2) is 8.77. The highest BCUT2D eigenvalue weighted by molar-refractivity contribution is 6.39. The van der Waals surface area contributed by atoms with E-state index in [0.29, 0.717) is 28.6 Å². The lowest BCUT2D eigenvalue weighted by atomic mass is 9.48. The average Bonchev–Trinajstić information content (AvgIpc) is 2.83. The van der Waals surface area contributed by atoms with Crippen molar-refractivity contribution >= 4 is 41.2 Å². The first-order valence-corrected chi connectivity index (χ1v) is 13.2. The molecule has 0 atom stereocenters. The van der Waals surface area contributed by atoms with Gasteiger partial charge in [-0.15, -0.1) is 0 Å². The quantitative estimate of drug-likeness (QED) is 0.408. The maximum absolute atomic E-state index is 13.4. The van der Waals surface area contributed by atoms with E-state index in [4.69, 9.17) is 16.3 Å². The number of benzene rings is 2. The molecule has 4 aliphatic carbocycles. The molecule has 186 valence electrons. The summed E-state index contributed by atoms with van der Waals surface area (Å²) < 4.78 is 5.62. The summed E-state index contributed by atoms with van der Waals surface area (Å²) in [6.45, 7) is 2.26. The molecule has 36 heavy (non-hydrogen) atoms. The number of carbonyl (C=O) groups is 3. The van der Waals surface area contributed by atoms with Crippen LogP contribution < -0.4 is 15.0 Å². The van der Waals surface area contributed by atoms with Crippen LogP contribution in [0.4, 0.5) is 10.5 Å². The van der Waals surface area contributed by atoms with Crippen molar-refractivity contribution in [1.82, 2.24) is 5.32 Å². The highest BCUT2D eigenvalue weighted by atomic mass is 35.5. The van der Waals surface area contributed by atoms with E-state index in [0.717, 1.165) is 22.7 Å². The zero-order valence-corrected chi connectivity index (χ0v) is 21.0. The SMILES string of the molecule is CCOc1ccc(Cl)cc1/C=C1\C(=O)NC(=O)N(c2ccc(C34CC5CC(CC(C5)C3)C4)cc2)C1=O. The molecule has 4 saturated carbocycles. The highest BCUT2D eigenvalue weighted by Crippen LogP contribution is 2.60. The third kappa shape index (κ3) is 3.92. The van der Waals surface area contributed by atoms with Crippen molar-refractivity contribution < 1.29 is 19.1 Å². The topological polar surface area (TPSA) is 75.7 Å². The number of halogens is 1. The molecular formula is C29H29ClN2O4. The number of anilines is 1. The Labute approximate surface area is 215 Å². The molecule has 7 heteroatoms. The molecule has 4 bridgehead atoms. The standard InChI is InChI=1S/C29H29ClN2O4/c1-2-36-25-8-5-22(30)12-20(25)13-24-26(33)31-28(35)32(27(24)34)23-6-3-21(4-7-23)29-14-17-9-18(15-29)11-19(10-17)16-29/h3-8,12-13,17-19H,2,9-11,14-16H2,1H3,(H,31,33,35)/b24-13+. The zero-order valence-electron chi connectivity index (χ0n) is 20.3. The van der Waals surface area contributed by atoms with E-state index in [-0.39, 0.29) is 11.0 Å². The van der Waals surface area contributed by atoms with Crippen molar-refractivity contribution in [1.29, 1.82) is 0 Å². The van der Waals surface area contributed by atoms with Gasteiger partial charge in [-0.3, -0.25) is 14.9 Å². The molecule has 1 saturated heterocycles. The van der Waals surface area contributed by atoms with Crippen LogP contribution >= 0.6 is 11.6 Å². The van der Waals surface area contributed by atoms with Gasteiger partial charge in [-0.05, 0) is 111 Å². The second-order valence-electron chi connectivity index (χ2n) is 10.8. The Bertz CT molecular complexity index is 1250. The molecule has 1 heterocycles. The Hall–Kier alpha value is -3.12. The summed E-state index contributed by atoms with van der Waals surface area (Å²) in [6.07, 6.45) is 9.28. The fourth-order valence-electron chi connectivity index (χ4n) is 7.39. The van der Waals surface area contributed by atoms with E-state index < -0.39 is 17.8 Å². The third-order valence-electron chi connectivity index (χ3n) is 8.45. The maximum atomic E-state index is 13.4. The van der Waals surface area contributed by atoms with Gasteiger partial charge in [-0.2, -0.15) is 0 Å². The van der Waals surface area contributed by atoms with Crippen molar-refractivity contribution in [2.75, 3.05) is 11.5 Å². The number of nitrogens with one attached hydrogen (secondary N) is 1. The minimum absolute atomic E-state index is 0.150. The number of ether oxygens (including phenoxy) is 1. The molecule has 1 N–H and O–H groups in total. The molecule has 2 aromatic carbocycles. The van der Waals surface area contributed by atoms with Crippen LogP contribution in [0.2, 0.25) is 5.02 Å². The first-order chi connectivity index (χ1) is 17.3. The average molecular weight is 505 g/mol. The number of barbiturate groups is 1. The van der Waals surface area contributed by atoms with Gasteiger partial charge < -0.3 is 4.74 Å². The molecule has 0 radical (unpaired) electrons. The lowest BCUT2D eigenvalue weighted by molar-refractivity contribution is -0.122. The van der Waals surface area contributed by atoms with Crippen molar-refractivity contribution in [3.8, 4) is 5.75 Å². The normalized spacial score (nSPS) is 30.2. The molecular weight excluding hydrogens is 476 g/mol. The van der Waals surface area contributed by atoms with Crippen LogP contribution in [0, 0.1) is 17.8 Å². The molecule has 2 aromatic rings. The summed E-state index contributed by atoms with van der Waals surface area (Å²) in [7, 11) is 0. The summed E-state index contributed by atoms with van der Waals surface area (Å²) in [5, 5.41) is 2.75. The Morgan fingerprint density at radius 3 is 2.25 bits per heavy atom. The lowest BCUT2D eigenvalue weighted by Crippen LogP contribution is -2.54. The summed E-state index contributed by atoms with van der Waals surface area (Å²) in [5.74, 6) is 1.58. The largest absolute Gasteiger partial charge is 0.493 e. The Morgan fingerprint density at radius 1 is 1.00 bits per heavy atom. The molecule has 1 aliphatic heterocycles.